The molecule has 3 rings (SSSR count). The van der Waals surface area contributed by atoms with E-state index in [4.69, 9.17) is 9.47 Å². The van der Waals surface area contributed by atoms with E-state index in [1.54, 1.807) is 35.3 Å². The van der Waals surface area contributed by atoms with Gasteiger partial charge in [0.05, 0.1) is 38.2 Å². The van der Waals surface area contributed by atoms with Crippen LogP contribution in [0.1, 0.15) is 15.9 Å². The van der Waals surface area contributed by atoms with E-state index < -0.39 is 0 Å². The molecule has 26 heavy (non-hydrogen) atoms. The normalized spacial score (nSPS) is 10.4. The molecule has 134 valence electrons. The molecule has 1 amide bonds. The molecule has 1 N–H and O–H groups in total. The minimum Gasteiger partial charge on any atom is -0.493 e. The molecule has 0 aliphatic rings. The Balaban J connectivity index is 1.73. The molecular weight excluding hydrogens is 398 g/mol. The summed E-state index contributed by atoms with van der Waals surface area (Å²) >= 11 is 3.42. The number of rotatable bonds is 6. The number of nitrogens with one attached hydrogen (secondary N) is 1. The quantitative estimate of drug-likeness (QED) is 0.661. The topological polar surface area (TPSA) is 65.4 Å². The number of anilines is 1. The van der Waals surface area contributed by atoms with Crippen LogP contribution in [0.5, 0.6) is 11.5 Å². The monoisotopic (exact) mass is 415 g/mol. The molecule has 0 fully saturated rings. The molecule has 0 aliphatic heterocycles. The number of hydrogen-bond donors (Lipinski definition) is 1. The van der Waals surface area contributed by atoms with Crippen molar-refractivity contribution in [1.29, 1.82) is 0 Å². The number of para-hydroxylation sites is 1. The van der Waals surface area contributed by atoms with Crippen molar-refractivity contribution in [2.45, 2.75) is 6.54 Å². The number of halogens is 1. The standard InChI is InChI=1S/C19H18BrN3O3/c1-25-17-5-3-4-16(18(17)26-2)19(24)22-15-10-21-23(12-15)11-13-6-8-14(20)9-7-13/h3-10,12H,11H2,1-2H3,(H,22,24). The predicted octanol–water partition coefficient (Wildman–Crippen LogP) is 3.96. The summed E-state index contributed by atoms with van der Waals surface area (Å²) in [7, 11) is 3.04. The van der Waals surface area contributed by atoms with Crippen molar-refractivity contribution >= 4 is 27.5 Å². The molecule has 0 spiro atoms. The van der Waals surface area contributed by atoms with Crippen molar-refractivity contribution in [2.75, 3.05) is 19.5 Å². The molecule has 0 saturated carbocycles. The van der Waals surface area contributed by atoms with Gasteiger partial charge in [-0.15, -0.1) is 0 Å². The van der Waals surface area contributed by atoms with Gasteiger partial charge in [0.1, 0.15) is 0 Å². The van der Waals surface area contributed by atoms with Crippen LogP contribution in [0, 0.1) is 0 Å². The van der Waals surface area contributed by atoms with Gasteiger partial charge in [-0.05, 0) is 29.8 Å². The molecule has 2 aromatic carbocycles. The van der Waals surface area contributed by atoms with Gasteiger partial charge in [-0.25, -0.2) is 0 Å². The average molecular weight is 416 g/mol. The Bertz CT molecular complexity index is 907. The Kier molecular flexibility index (Phi) is 5.58. The van der Waals surface area contributed by atoms with E-state index in [9.17, 15) is 4.79 Å². The third-order valence-electron chi connectivity index (χ3n) is 3.80. The summed E-state index contributed by atoms with van der Waals surface area (Å²) in [6.07, 6.45) is 3.40. The van der Waals surface area contributed by atoms with Gasteiger partial charge in [0.25, 0.3) is 5.91 Å². The maximum absolute atomic E-state index is 12.6. The average Bonchev–Trinajstić information content (AvgIpc) is 3.09. The lowest BCUT2D eigenvalue weighted by molar-refractivity contribution is 0.102. The minimum atomic E-state index is -0.288. The smallest absolute Gasteiger partial charge is 0.259 e. The Morgan fingerprint density at radius 2 is 1.92 bits per heavy atom. The molecule has 0 bridgehead atoms. The van der Waals surface area contributed by atoms with Crippen LogP contribution in [0.25, 0.3) is 0 Å². The SMILES string of the molecule is COc1cccc(C(=O)Nc2cnn(Cc3ccc(Br)cc3)c2)c1OC. The number of carbonyl (C=O) groups is 1. The molecule has 0 atom stereocenters. The minimum absolute atomic E-state index is 0.288. The van der Waals surface area contributed by atoms with E-state index in [2.05, 4.69) is 26.3 Å². The van der Waals surface area contributed by atoms with Crippen molar-refractivity contribution in [3.05, 3.63) is 70.5 Å². The Labute approximate surface area is 159 Å². The molecule has 1 heterocycles. The maximum Gasteiger partial charge on any atom is 0.259 e. The molecule has 7 heteroatoms. The summed E-state index contributed by atoms with van der Waals surface area (Å²) in [6, 6.07) is 13.2. The van der Waals surface area contributed by atoms with Crippen LogP contribution in [0.3, 0.4) is 0 Å². The zero-order chi connectivity index (χ0) is 18.5. The van der Waals surface area contributed by atoms with Crippen molar-refractivity contribution in [2.24, 2.45) is 0 Å². The zero-order valence-electron chi connectivity index (χ0n) is 14.4. The highest BCUT2D eigenvalue weighted by Crippen LogP contribution is 2.31. The fourth-order valence-corrected chi connectivity index (χ4v) is 2.82. The Morgan fingerprint density at radius 1 is 1.15 bits per heavy atom. The molecule has 1 aromatic heterocycles. The molecular formula is C19H18BrN3O3. The lowest BCUT2D eigenvalue weighted by Gasteiger charge is -2.11. The summed E-state index contributed by atoms with van der Waals surface area (Å²) in [5.41, 5.74) is 2.12. The van der Waals surface area contributed by atoms with Crippen molar-refractivity contribution < 1.29 is 14.3 Å². The zero-order valence-corrected chi connectivity index (χ0v) is 16.0. The summed E-state index contributed by atoms with van der Waals surface area (Å²) < 4.78 is 13.3. The van der Waals surface area contributed by atoms with Gasteiger partial charge in [0, 0.05) is 10.7 Å². The van der Waals surface area contributed by atoms with Crippen LogP contribution in [0.2, 0.25) is 0 Å². The van der Waals surface area contributed by atoms with Crippen molar-refractivity contribution in [3.63, 3.8) is 0 Å². The lowest BCUT2D eigenvalue weighted by atomic mass is 10.1. The number of nitrogens with zero attached hydrogens (tertiary/aromatic N) is 2. The number of methoxy groups -OCH3 is 2. The van der Waals surface area contributed by atoms with Gasteiger partial charge in [-0.3, -0.25) is 9.48 Å². The first kappa shape index (κ1) is 18.0. The van der Waals surface area contributed by atoms with E-state index in [1.807, 2.05) is 24.3 Å². The Hall–Kier alpha value is -2.80. The largest absolute Gasteiger partial charge is 0.493 e. The van der Waals surface area contributed by atoms with Crippen molar-refractivity contribution in [3.8, 4) is 11.5 Å². The molecule has 0 saturated heterocycles. The van der Waals surface area contributed by atoms with Crippen molar-refractivity contribution in [1.82, 2.24) is 9.78 Å². The Morgan fingerprint density at radius 3 is 2.62 bits per heavy atom. The van der Waals surface area contributed by atoms with Gasteiger partial charge in [0.15, 0.2) is 11.5 Å². The highest BCUT2D eigenvalue weighted by molar-refractivity contribution is 9.10. The van der Waals surface area contributed by atoms with Gasteiger partial charge in [-0.1, -0.05) is 34.1 Å². The molecule has 0 unspecified atom stereocenters. The third kappa shape index (κ3) is 4.05. The fourth-order valence-electron chi connectivity index (χ4n) is 2.56. The first-order valence-corrected chi connectivity index (χ1v) is 8.69. The summed E-state index contributed by atoms with van der Waals surface area (Å²) in [5.74, 6) is 0.616. The van der Waals surface area contributed by atoms with Crippen LogP contribution < -0.4 is 14.8 Å². The van der Waals surface area contributed by atoms with Gasteiger partial charge >= 0.3 is 0 Å². The number of benzene rings is 2. The van der Waals surface area contributed by atoms with Crippen LogP contribution in [-0.2, 0) is 6.54 Å². The predicted molar refractivity (Wildman–Crippen MR) is 103 cm³/mol. The van der Waals surface area contributed by atoms with Gasteiger partial charge < -0.3 is 14.8 Å². The number of ether oxygens (including phenoxy) is 2. The third-order valence-corrected chi connectivity index (χ3v) is 4.33. The highest BCUT2D eigenvalue weighted by Gasteiger charge is 2.17. The first-order valence-electron chi connectivity index (χ1n) is 7.90. The van der Waals surface area contributed by atoms with Gasteiger partial charge in [-0.2, -0.15) is 5.10 Å². The molecule has 0 radical (unpaired) electrons. The van der Waals surface area contributed by atoms with E-state index in [-0.39, 0.29) is 5.91 Å². The number of amides is 1. The van der Waals surface area contributed by atoms with E-state index in [0.29, 0.717) is 29.3 Å². The van der Waals surface area contributed by atoms with Gasteiger partial charge in [0.2, 0.25) is 0 Å². The molecule has 6 nitrogen and oxygen atoms in total. The second-order valence-corrected chi connectivity index (χ2v) is 6.46. The van der Waals surface area contributed by atoms with Crippen LogP contribution in [0.15, 0.2) is 59.3 Å². The second kappa shape index (κ2) is 8.05. The summed E-state index contributed by atoms with van der Waals surface area (Å²) in [6.45, 7) is 0.617. The summed E-state index contributed by atoms with van der Waals surface area (Å²) in [5, 5.41) is 7.13. The van der Waals surface area contributed by atoms with E-state index in [1.165, 1.54) is 14.2 Å². The maximum atomic E-state index is 12.6. The number of carbonyl (C=O) groups excluding carboxylic acids is 1. The summed E-state index contributed by atoms with van der Waals surface area (Å²) in [4.78, 5) is 12.6. The van der Waals surface area contributed by atoms with E-state index >= 15 is 0 Å². The van der Waals surface area contributed by atoms with Crippen LogP contribution in [0.4, 0.5) is 5.69 Å². The lowest BCUT2D eigenvalue weighted by Crippen LogP contribution is -2.13. The fraction of sp³-hybridized carbons (Fsp3) is 0.158. The number of aromatic nitrogens is 2. The highest BCUT2D eigenvalue weighted by atomic mass is 79.9. The van der Waals surface area contributed by atoms with Crippen LogP contribution in [-0.4, -0.2) is 29.9 Å². The molecule has 3 aromatic rings. The van der Waals surface area contributed by atoms with E-state index in [0.717, 1.165) is 10.0 Å². The van der Waals surface area contributed by atoms with Crippen LogP contribution >= 0.6 is 15.9 Å². The molecule has 0 aliphatic carbocycles. The number of hydrogen-bond acceptors (Lipinski definition) is 4. The second-order valence-electron chi connectivity index (χ2n) is 5.55. The first-order chi connectivity index (χ1) is 12.6.